The molecule has 0 fully saturated rings. The number of nitrogens with one attached hydrogen (secondary N) is 1. The molecule has 9 heteroatoms. The van der Waals surface area contributed by atoms with E-state index < -0.39 is 12.5 Å². The Morgan fingerprint density at radius 1 is 1.03 bits per heavy atom. The Balaban J connectivity index is 1.59. The summed E-state index contributed by atoms with van der Waals surface area (Å²) in [6.45, 7) is 0.197. The summed E-state index contributed by atoms with van der Waals surface area (Å²) in [5.41, 5.74) is 2.12. The first kappa shape index (κ1) is 19.7. The lowest BCUT2D eigenvalue weighted by Gasteiger charge is -2.26. The Hall–Kier alpha value is -3.62. The van der Waals surface area contributed by atoms with Crippen molar-refractivity contribution in [2.24, 2.45) is 0 Å². The predicted molar refractivity (Wildman–Crippen MR) is 100.0 cm³/mol. The predicted octanol–water partition coefficient (Wildman–Crippen LogP) is 4.89. The van der Waals surface area contributed by atoms with Crippen LogP contribution in [0, 0.1) is 5.82 Å². The van der Waals surface area contributed by atoms with Gasteiger partial charge in [0.2, 0.25) is 0 Å². The number of ether oxygens (including phenoxy) is 1. The number of hydrogen-bond donors (Lipinski definition) is 1. The number of nitrogens with zero attached hydrogens (tertiary/aromatic N) is 2. The molecule has 1 amide bonds. The van der Waals surface area contributed by atoms with Gasteiger partial charge in [-0.05, 0) is 54.1 Å². The number of aromatic nitrogens is 1. The van der Waals surface area contributed by atoms with E-state index in [4.69, 9.17) is 0 Å². The maximum Gasteiger partial charge on any atom is 0.573 e. The zero-order valence-corrected chi connectivity index (χ0v) is 15.4. The van der Waals surface area contributed by atoms with Gasteiger partial charge in [0.1, 0.15) is 17.7 Å². The summed E-state index contributed by atoms with van der Waals surface area (Å²) < 4.78 is 54.1. The summed E-state index contributed by atoms with van der Waals surface area (Å²) in [7, 11) is 0. The molecule has 1 unspecified atom stereocenters. The van der Waals surface area contributed by atoms with Crippen LogP contribution in [0.1, 0.15) is 27.8 Å². The highest BCUT2D eigenvalue weighted by Gasteiger charge is 2.38. The zero-order valence-electron chi connectivity index (χ0n) is 15.4. The third-order valence-electron chi connectivity index (χ3n) is 4.56. The number of pyridine rings is 1. The molecule has 1 aliphatic heterocycles. The van der Waals surface area contributed by atoms with Gasteiger partial charge in [-0.15, -0.1) is 13.2 Å². The van der Waals surface area contributed by atoms with Crippen molar-refractivity contribution in [1.29, 1.82) is 0 Å². The summed E-state index contributed by atoms with van der Waals surface area (Å²) in [4.78, 5) is 18.7. The third kappa shape index (κ3) is 4.19. The Labute approximate surface area is 168 Å². The lowest BCUT2D eigenvalue weighted by molar-refractivity contribution is -0.274. The van der Waals surface area contributed by atoms with Gasteiger partial charge in [-0.2, -0.15) is 0 Å². The van der Waals surface area contributed by atoms with E-state index in [-0.39, 0.29) is 24.0 Å². The molecule has 0 radical (unpaired) electrons. The Morgan fingerprint density at radius 2 is 1.73 bits per heavy atom. The van der Waals surface area contributed by atoms with Gasteiger partial charge in [0.25, 0.3) is 5.91 Å². The molecule has 4 rings (SSSR count). The van der Waals surface area contributed by atoms with Crippen LogP contribution in [-0.2, 0) is 6.54 Å². The van der Waals surface area contributed by atoms with Gasteiger partial charge in [0.05, 0.1) is 11.3 Å². The van der Waals surface area contributed by atoms with Gasteiger partial charge in [-0.3, -0.25) is 9.78 Å². The van der Waals surface area contributed by atoms with Crippen LogP contribution < -0.4 is 10.1 Å². The molecule has 154 valence electrons. The van der Waals surface area contributed by atoms with Crippen molar-refractivity contribution < 1.29 is 27.1 Å². The lowest BCUT2D eigenvalue weighted by Crippen LogP contribution is -2.32. The monoisotopic (exact) mass is 417 g/mol. The van der Waals surface area contributed by atoms with Crippen molar-refractivity contribution in [2.45, 2.75) is 19.1 Å². The molecular formula is C21H15F4N3O2. The highest BCUT2D eigenvalue weighted by Crippen LogP contribution is 2.34. The first-order chi connectivity index (χ1) is 14.3. The molecule has 5 nitrogen and oxygen atoms in total. The molecule has 1 aromatic heterocycles. The zero-order chi connectivity index (χ0) is 21.3. The van der Waals surface area contributed by atoms with Crippen molar-refractivity contribution in [2.75, 3.05) is 5.32 Å². The Kier molecular flexibility index (Phi) is 5.03. The number of alkyl halides is 3. The topological polar surface area (TPSA) is 54.5 Å². The number of halogens is 4. The van der Waals surface area contributed by atoms with Crippen LogP contribution in [0.3, 0.4) is 0 Å². The number of rotatable bonds is 5. The van der Waals surface area contributed by atoms with E-state index in [1.54, 1.807) is 30.5 Å². The number of fused-ring (bicyclic) bond motifs is 1. The molecular weight excluding hydrogens is 402 g/mol. The van der Waals surface area contributed by atoms with Crippen LogP contribution in [0.5, 0.6) is 5.75 Å². The van der Waals surface area contributed by atoms with Gasteiger partial charge in [-0.25, -0.2) is 4.39 Å². The highest BCUT2D eigenvalue weighted by molar-refractivity contribution is 5.98. The fraction of sp³-hybridized carbons (Fsp3) is 0.143. The molecule has 1 N–H and O–H groups in total. The molecule has 0 aliphatic carbocycles. The molecule has 2 heterocycles. The van der Waals surface area contributed by atoms with Gasteiger partial charge in [-0.1, -0.05) is 12.1 Å². The van der Waals surface area contributed by atoms with Crippen molar-refractivity contribution in [3.63, 3.8) is 0 Å². The minimum Gasteiger partial charge on any atom is -0.406 e. The second-order valence-electron chi connectivity index (χ2n) is 6.61. The van der Waals surface area contributed by atoms with Crippen LogP contribution in [0.15, 0.2) is 66.9 Å². The lowest BCUT2D eigenvalue weighted by atomic mass is 10.2. The molecule has 3 aromatic rings. The highest BCUT2D eigenvalue weighted by atomic mass is 19.4. The van der Waals surface area contributed by atoms with E-state index in [0.717, 1.165) is 5.56 Å². The largest absolute Gasteiger partial charge is 0.573 e. The molecule has 0 spiro atoms. The fourth-order valence-electron chi connectivity index (χ4n) is 3.24. The molecule has 0 saturated heterocycles. The Bertz CT molecular complexity index is 1050. The van der Waals surface area contributed by atoms with Gasteiger partial charge in [0, 0.05) is 18.4 Å². The quantitative estimate of drug-likeness (QED) is 0.601. The molecule has 0 saturated carbocycles. The first-order valence-corrected chi connectivity index (χ1v) is 8.93. The van der Waals surface area contributed by atoms with Crippen LogP contribution >= 0.6 is 0 Å². The van der Waals surface area contributed by atoms with E-state index in [2.05, 4.69) is 15.0 Å². The summed E-state index contributed by atoms with van der Waals surface area (Å²) in [5, 5.41) is 3.13. The third-order valence-corrected chi connectivity index (χ3v) is 4.56. The van der Waals surface area contributed by atoms with Crippen LogP contribution in [0.4, 0.5) is 23.2 Å². The molecule has 1 aliphatic rings. The average Bonchev–Trinajstić information content (AvgIpc) is 2.96. The van der Waals surface area contributed by atoms with Crippen molar-refractivity contribution in [1.82, 2.24) is 9.88 Å². The molecule has 1 atom stereocenters. The van der Waals surface area contributed by atoms with E-state index in [1.165, 1.54) is 41.3 Å². The number of hydrogen-bond acceptors (Lipinski definition) is 4. The van der Waals surface area contributed by atoms with Crippen molar-refractivity contribution >= 4 is 11.6 Å². The second-order valence-corrected chi connectivity index (χ2v) is 6.61. The number of amides is 1. The van der Waals surface area contributed by atoms with Crippen molar-refractivity contribution in [3.8, 4) is 5.75 Å². The number of anilines is 1. The molecule has 30 heavy (non-hydrogen) atoms. The molecule has 0 bridgehead atoms. The number of carbonyl (C=O) groups is 1. The average molecular weight is 417 g/mol. The fourth-order valence-corrected chi connectivity index (χ4v) is 3.24. The number of carbonyl (C=O) groups excluding carboxylic acids is 1. The van der Waals surface area contributed by atoms with Crippen LogP contribution in [0.2, 0.25) is 0 Å². The standard InChI is InChI=1S/C21H15F4N3O2/c22-14-5-3-13(4-6-14)12-28-19(18-17(20(28)29)2-1-11-26-18)27-15-7-9-16(10-8-15)30-21(23,24)25/h1-11,19,27H,12H2. The van der Waals surface area contributed by atoms with Gasteiger partial charge >= 0.3 is 6.36 Å². The number of benzene rings is 2. The summed E-state index contributed by atoms with van der Waals surface area (Å²) >= 11 is 0. The summed E-state index contributed by atoms with van der Waals surface area (Å²) in [6.07, 6.45) is -3.86. The summed E-state index contributed by atoms with van der Waals surface area (Å²) in [6, 6.07) is 14.3. The SMILES string of the molecule is O=C1c2cccnc2C(Nc2ccc(OC(F)(F)F)cc2)N1Cc1ccc(F)cc1. The minimum absolute atomic E-state index is 0.197. The molecule has 2 aromatic carbocycles. The van der Waals surface area contributed by atoms with Gasteiger partial charge < -0.3 is 15.0 Å². The normalized spacial score (nSPS) is 15.8. The maximum atomic E-state index is 13.2. The maximum absolute atomic E-state index is 13.2. The van der Waals surface area contributed by atoms with E-state index in [0.29, 0.717) is 16.9 Å². The van der Waals surface area contributed by atoms with Gasteiger partial charge in [0.15, 0.2) is 0 Å². The summed E-state index contributed by atoms with van der Waals surface area (Å²) in [5.74, 6) is -0.985. The van der Waals surface area contributed by atoms with E-state index >= 15 is 0 Å². The first-order valence-electron chi connectivity index (χ1n) is 8.93. The smallest absolute Gasteiger partial charge is 0.406 e. The van der Waals surface area contributed by atoms with Crippen LogP contribution in [-0.4, -0.2) is 22.2 Å². The second kappa shape index (κ2) is 7.66. The minimum atomic E-state index is -4.78. The Morgan fingerprint density at radius 3 is 2.40 bits per heavy atom. The van der Waals surface area contributed by atoms with E-state index in [9.17, 15) is 22.4 Å². The van der Waals surface area contributed by atoms with E-state index in [1.807, 2.05) is 0 Å². The van der Waals surface area contributed by atoms with Crippen LogP contribution in [0.25, 0.3) is 0 Å². The van der Waals surface area contributed by atoms with Crippen molar-refractivity contribution in [3.05, 3.63) is 89.5 Å².